The van der Waals surface area contributed by atoms with E-state index in [2.05, 4.69) is 5.32 Å². The molecule has 0 unspecified atom stereocenters. The van der Waals surface area contributed by atoms with Gasteiger partial charge in [-0.3, -0.25) is 0 Å². The lowest BCUT2D eigenvalue weighted by Crippen LogP contribution is -2.40. The van der Waals surface area contributed by atoms with Gasteiger partial charge in [0.15, 0.2) is 0 Å². The van der Waals surface area contributed by atoms with Gasteiger partial charge >= 0.3 is 6.03 Å². The highest BCUT2D eigenvalue weighted by Gasteiger charge is 2.14. The molecule has 1 rings (SSSR count). The predicted octanol–water partition coefficient (Wildman–Crippen LogP) is 2.09. The molecule has 1 heterocycles. The number of urea groups is 1. The Labute approximate surface area is 105 Å². The van der Waals surface area contributed by atoms with Crippen molar-refractivity contribution in [2.24, 2.45) is 5.73 Å². The molecule has 2 amide bonds. The highest BCUT2D eigenvalue weighted by molar-refractivity contribution is 5.74. The first-order valence-corrected chi connectivity index (χ1v) is 7.07. The first kappa shape index (κ1) is 14.3. The van der Waals surface area contributed by atoms with Gasteiger partial charge in [0, 0.05) is 19.6 Å². The van der Waals surface area contributed by atoms with Gasteiger partial charge in [0.25, 0.3) is 0 Å². The minimum Gasteiger partial charge on any atom is -0.338 e. The molecule has 0 aliphatic carbocycles. The zero-order valence-corrected chi connectivity index (χ0v) is 10.9. The molecule has 100 valence electrons. The van der Waals surface area contributed by atoms with Crippen molar-refractivity contribution in [3.8, 4) is 0 Å². The maximum absolute atomic E-state index is 11.8. The van der Waals surface area contributed by atoms with Gasteiger partial charge in [0.1, 0.15) is 0 Å². The zero-order chi connectivity index (χ0) is 12.3. The van der Waals surface area contributed by atoms with E-state index in [1.165, 1.54) is 19.3 Å². The number of carbonyl (C=O) groups excluding carboxylic acids is 1. The lowest BCUT2D eigenvalue weighted by molar-refractivity contribution is 0.199. The summed E-state index contributed by atoms with van der Waals surface area (Å²) in [5.41, 5.74) is 5.43. The third-order valence-electron chi connectivity index (χ3n) is 3.30. The van der Waals surface area contributed by atoms with Gasteiger partial charge in [-0.25, -0.2) is 4.79 Å². The summed E-state index contributed by atoms with van der Waals surface area (Å²) >= 11 is 0. The molecular weight excluding hydrogens is 214 g/mol. The lowest BCUT2D eigenvalue weighted by atomic mass is 10.2. The van der Waals surface area contributed by atoms with E-state index in [1.54, 1.807) is 0 Å². The Balaban J connectivity index is 2.03. The van der Waals surface area contributed by atoms with Crippen LogP contribution in [-0.2, 0) is 0 Å². The number of unbranched alkanes of at least 4 members (excludes halogenated alkanes) is 3. The largest absolute Gasteiger partial charge is 0.338 e. The van der Waals surface area contributed by atoms with E-state index in [4.69, 9.17) is 5.73 Å². The average Bonchev–Trinajstić information content (AvgIpc) is 2.62. The summed E-state index contributed by atoms with van der Waals surface area (Å²) < 4.78 is 0. The summed E-state index contributed by atoms with van der Waals surface area (Å²) in [5.74, 6) is 0. The van der Waals surface area contributed by atoms with Crippen molar-refractivity contribution in [3.05, 3.63) is 0 Å². The number of hydrogen-bond donors (Lipinski definition) is 2. The van der Waals surface area contributed by atoms with Crippen LogP contribution in [-0.4, -0.2) is 37.1 Å². The number of hydrogen-bond acceptors (Lipinski definition) is 2. The minimum absolute atomic E-state index is 0.130. The van der Waals surface area contributed by atoms with Crippen LogP contribution in [0.2, 0.25) is 0 Å². The van der Waals surface area contributed by atoms with Crippen LogP contribution >= 0.6 is 0 Å². The summed E-state index contributed by atoms with van der Waals surface area (Å²) in [4.78, 5) is 13.8. The second-order valence-corrected chi connectivity index (χ2v) is 4.84. The Kier molecular flexibility index (Phi) is 7.80. The van der Waals surface area contributed by atoms with Crippen molar-refractivity contribution in [2.45, 2.75) is 51.4 Å². The number of nitrogens with two attached hydrogens (primary N) is 1. The van der Waals surface area contributed by atoms with Gasteiger partial charge < -0.3 is 16.0 Å². The maximum atomic E-state index is 11.8. The fraction of sp³-hybridized carbons (Fsp3) is 0.923. The Morgan fingerprint density at radius 2 is 1.65 bits per heavy atom. The van der Waals surface area contributed by atoms with Gasteiger partial charge in [-0.05, 0) is 32.2 Å². The van der Waals surface area contributed by atoms with Crippen LogP contribution in [0.3, 0.4) is 0 Å². The van der Waals surface area contributed by atoms with E-state index in [1.807, 2.05) is 4.90 Å². The second-order valence-electron chi connectivity index (χ2n) is 4.84. The van der Waals surface area contributed by atoms with Crippen molar-refractivity contribution in [2.75, 3.05) is 26.2 Å². The molecule has 0 radical (unpaired) electrons. The molecule has 1 aliphatic rings. The highest BCUT2D eigenvalue weighted by Crippen LogP contribution is 2.09. The second kappa shape index (κ2) is 9.28. The van der Waals surface area contributed by atoms with Crippen molar-refractivity contribution in [3.63, 3.8) is 0 Å². The first-order valence-electron chi connectivity index (χ1n) is 7.07. The number of nitrogens with zero attached hydrogens (tertiary/aromatic N) is 1. The van der Waals surface area contributed by atoms with Gasteiger partial charge in [0.2, 0.25) is 0 Å². The van der Waals surface area contributed by atoms with Gasteiger partial charge in [0.05, 0.1) is 0 Å². The third kappa shape index (κ3) is 6.51. The molecule has 0 atom stereocenters. The standard InChI is InChI=1S/C13H27N3O/c14-9-5-1-2-6-10-15-13(17)16-11-7-3-4-8-12-16/h1-12,14H2,(H,15,17). The Morgan fingerprint density at radius 3 is 2.29 bits per heavy atom. The van der Waals surface area contributed by atoms with E-state index in [0.29, 0.717) is 0 Å². The molecule has 0 saturated carbocycles. The Hall–Kier alpha value is -0.770. The van der Waals surface area contributed by atoms with Crippen molar-refractivity contribution in [1.29, 1.82) is 0 Å². The van der Waals surface area contributed by atoms with E-state index < -0.39 is 0 Å². The quantitative estimate of drug-likeness (QED) is 0.700. The van der Waals surface area contributed by atoms with Gasteiger partial charge in [-0.1, -0.05) is 25.7 Å². The van der Waals surface area contributed by atoms with E-state index in [0.717, 1.165) is 58.3 Å². The smallest absolute Gasteiger partial charge is 0.317 e. The summed E-state index contributed by atoms with van der Waals surface area (Å²) in [6.07, 6.45) is 9.35. The van der Waals surface area contributed by atoms with Crippen LogP contribution in [0.1, 0.15) is 51.4 Å². The molecule has 1 aliphatic heterocycles. The summed E-state index contributed by atoms with van der Waals surface area (Å²) in [5, 5.41) is 3.01. The molecule has 17 heavy (non-hydrogen) atoms. The summed E-state index contributed by atoms with van der Waals surface area (Å²) in [7, 11) is 0. The normalized spacial score (nSPS) is 16.6. The molecule has 4 heteroatoms. The molecule has 0 bridgehead atoms. The number of amides is 2. The number of likely N-dealkylation sites (tertiary alicyclic amines) is 1. The number of rotatable bonds is 6. The number of carbonyl (C=O) groups is 1. The Morgan fingerprint density at radius 1 is 1.00 bits per heavy atom. The fourth-order valence-electron chi connectivity index (χ4n) is 2.20. The minimum atomic E-state index is 0.130. The fourth-order valence-corrected chi connectivity index (χ4v) is 2.20. The molecule has 4 nitrogen and oxygen atoms in total. The van der Waals surface area contributed by atoms with Crippen LogP contribution < -0.4 is 11.1 Å². The monoisotopic (exact) mass is 241 g/mol. The van der Waals surface area contributed by atoms with Crippen molar-refractivity contribution in [1.82, 2.24) is 10.2 Å². The van der Waals surface area contributed by atoms with Gasteiger partial charge in [-0.15, -0.1) is 0 Å². The number of nitrogens with one attached hydrogen (secondary N) is 1. The van der Waals surface area contributed by atoms with Crippen molar-refractivity contribution >= 4 is 6.03 Å². The van der Waals surface area contributed by atoms with Crippen molar-refractivity contribution < 1.29 is 4.79 Å². The first-order chi connectivity index (χ1) is 8.34. The predicted molar refractivity (Wildman–Crippen MR) is 71.0 cm³/mol. The molecule has 0 aromatic carbocycles. The van der Waals surface area contributed by atoms with Crippen LogP contribution in [0.4, 0.5) is 4.79 Å². The van der Waals surface area contributed by atoms with E-state index >= 15 is 0 Å². The summed E-state index contributed by atoms with van der Waals surface area (Å²) in [6.45, 7) is 3.44. The van der Waals surface area contributed by atoms with Gasteiger partial charge in [-0.2, -0.15) is 0 Å². The zero-order valence-electron chi connectivity index (χ0n) is 10.9. The molecule has 1 fully saturated rings. The maximum Gasteiger partial charge on any atom is 0.317 e. The molecule has 3 N–H and O–H groups in total. The summed E-state index contributed by atoms with van der Waals surface area (Å²) in [6, 6.07) is 0.130. The van der Waals surface area contributed by atoms with Crippen LogP contribution in [0.25, 0.3) is 0 Å². The third-order valence-corrected chi connectivity index (χ3v) is 3.30. The molecular formula is C13H27N3O. The molecule has 0 aromatic heterocycles. The highest BCUT2D eigenvalue weighted by atomic mass is 16.2. The van der Waals surface area contributed by atoms with Crippen LogP contribution in [0.5, 0.6) is 0 Å². The van der Waals surface area contributed by atoms with E-state index in [-0.39, 0.29) is 6.03 Å². The SMILES string of the molecule is NCCCCCCNC(=O)N1CCCCCC1. The van der Waals surface area contributed by atoms with E-state index in [9.17, 15) is 4.79 Å². The van der Waals surface area contributed by atoms with Crippen LogP contribution in [0.15, 0.2) is 0 Å². The topological polar surface area (TPSA) is 58.4 Å². The molecule has 0 spiro atoms. The molecule has 1 saturated heterocycles. The lowest BCUT2D eigenvalue weighted by Gasteiger charge is -2.20. The average molecular weight is 241 g/mol. The molecule has 0 aromatic rings. The van der Waals surface area contributed by atoms with Crippen LogP contribution in [0, 0.1) is 0 Å². The Bertz CT molecular complexity index is 201.